The number of aryl methyl sites for hydroxylation is 1. The van der Waals surface area contributed by atoms with Gasteiger partial charge in [-0.15, -0.1) is 11.3 Å². The van der Waals surface area contributed by atoms with Gasteiger partial charge in [-0.3, -0.25) is 9.78 Å². The van der Waals surface area contributed by atoms with E-state index in [1.54, 1.807) is 23.7 Å². The van der Waals surface area contributed by atoms with Crippen molar-refractivity contribution in [3.63, 3.8) is 0 Å². The number of hydrogen-bond donors (Lipinski definition) is 1. The maximum absolute atomic E-state index is 13.1. The molecule has 1 aliphatic heterocycles. The molecule has 2 aromatic heterocycles. The van der Waals surface area contributed by atoms with Crippen molar-refractivity contribution in [1.82, 2.24) is 14.9 Å². The van der Waals surface area contributed by atoms with E-state index in [4.69, 9.17) is 10.7 Å². The molecule has 1 saturated heterocycles. The van der Waals surface area contributed by atoms with Gasteiger partial charge in [-0.05, 0) is 49.7 Å². The molecule has 1 amide bonds. The van der Waals surface area contributed by atoms with Crippen LogP contribution in [0.1, 0.15) is 29.8 Å². The summed E-state index contributed by atoms with van der Waals surface area (Å²) in [5.74, 6) is 1.44. The van der Waals surface area contributed by atoms with Crippen LogP contribution in [0.3, 0.4) is 0 Å². The zero-order valence-electron chi connectivity index (χ0n) is 14.8. The standard InChI is InChI=1S/C20H24N4OS/c21-18-14-1-2-15(18)11-24(10-14)20(25)13-3-4-17-16(9-13)23-19(26-17)12-5-7-22-8-6-12/h5-8,13-15,18H,1-4,9-11,21H2/t13?,14-,15+,18?. The average Bonchev–Trinajstić information content (AvgIpc) is 3.17. The highest BCUT2D eigenvalue weighted by molar-refractivity contribution is 7.15. The van der Waals surface area contributed by atoms with Gasteiger partial charge in [0, 0.05) is 54.3 Å². The first-order valence-electron chi connectivity index (χ1n) is 9.62. The largest absolute Gasteiger partial charge is 0.342 e. The molecule has 0 radical (unpaired) electrons. The number of hydrogen-bond acceptors (Lipinski definition) is 5. The van der Waals surface area contributed by atoms with E-state index in [0.29, 0.717) is 23.8 Å². The van der Waals surface area contributed by atoms with Crippen LogP contribution < -0.4 is 5.73 Å². The Kier molecular flexibility index (Phi) is 4.05. The van der Waals surface area contributed by atoms with Crippen LogP contribution in [0.5, 0.6) is 0 Å². The number of nitrogens with two attached hydrogens (primary N) is 1. The summed E-state index contributed by atoms with van der Waals surface area (Å²) < 4.78 is 0. The predicted molar refractivity (Wildman–Crippen MR) is 102 cm³/mol. The SMILES string of the molecule is NC1[C@@H]2CC[C@H]1CN(C(=O)C1CCc3sc(-c4ccncc4)nc3C1)C2. The van der Waals surface area contributed by atoms with Gasteiger partial charge in [-0.25, -0.2) is 4.98 Å². The number of fused-ring (bicyclic) bond motifs is 3. The highest BCUT2D eigenvalue weighted by Crippen LogP contribution is 2.38. The first-order chi connectivity index (χ1) is 12.7. The third-order valence-electron chi connectivity index (χ3n) is 6.43. The second kappa shape index (κ2) is 6.43. The van der Waals surface area contributed by atoms with E-state index in [1.165, 1.54) is 17.7 Å². The van der Waals surface area contributed by atoms with Crippen LogP contribution in [0, 0.1) is 17.8 Å². The third-order valence-corrected chi connectivity index (χ3v) is 7.64. The minimum Gasteiger partial charge on any atom is -0.342 e. The molecule has 5 nitrogen and oxygen atoms in total. The topological polar surface area (TPSA) is 72.1 Å². The molecular formula is C20H24N4OS. The first kappa shape index (κ1) is 16.4. The van der Waals surface area contributed by atoms with Crippen LogP contribution in [0.4, 0.5) is 0 Å². The van der Waals surface area contributed by atoms with Gasteiger partial charge in [-0.1, -0.05) is 0 Å². The number of carbonyl (C=O) groups excluding carboxylic acids is 1. The number of likely N-dealkylation sites (tertiary alicyclic amines) is 1. The maximum Gasteiger partial charge on any atom is 0.226 e. The second-order valence-electron chi connectivity index (χ2n) is 7.98. The lowest BCUT2D eigenvalue weighted by atomic mass is 9.87. The second-order valence-corrected chi connectivity index (χ2v) is 9.07. The molecule has 0 spiro atoms. The fourth-order valence-electron chi connectivity index (χ4n) is 4.91. The summed E-state index contributed by atoms with van der Waals surface area (Å²) in [4.78, 5) is 25.5. The van der Waals surface area contributed by atoms with E-state index >= 15 is 0 Å². The van der Waals surface area contributed by atoms with E-state index in [2.05, 4.69) is 9.88 Å². The highest BCUT2D eigenvalue weighted by atomic mass is 32.1. The first-order valence-corrected chi connectivity index (χ1v) is 10.4. The van der Waals surface area contributed by atoms with Crippen molar-refractivity contribution in [3.8, 4) is 10.6 Å². The molecule has 2 bridgehead atoms. The lowest BCUT2D eigenvalue weighted by molar-refractivity contribution is -0.138. The minimum absolute atomic E-state index is 0.0867. The van der Waals surface area contributed by atoms with Crippen molar-refractivity contribution in [3.05, 3.63) is 35.1 Å². The van der Waals surface area contributed by atoms with Crippen molar-refractivity contribution in [2.45, 2.75) is 38.1 Å². The number of thiazole rings is 1. The van der Waals surface area contributed by atoms with Crippen LogP contribution in [-0.2, 0) is 17.6 Å². The summed E-state index contributed by atoms with van der Waals surface area (Å²) in [6, 6.07) is 4.30. The molecule has 136 valence electrons. The average molecular weight is 369 g/mol. The van der Waals surface area contributed by atoms with Gasteiger partial charge in [-0.2, -0.15) is 0 Å². The van der Waals surface area contributed by atoms with Gasteiger partial charge in [0.25, 0.3) is 0 Å². The summed E-state index contributed by atoms with van der Waals surface area (Å²) in [5.41, 5.74) is 8.54. The minimum atomic E-state index is 0.0867. The Labute approximate surface area is 157 Å². The molecule has 2 aromatic rings. The normalized spacial score (nSPS) is 30.3. The molecule has 1 saturated carbocycles. The molecule has 3 aliphatic rings. The van der Waals surface area contributed by atoms with Gasteiger partial charge >= 0.3 is 0 Å². The lowest BCUT2D eigenvalue weighted by Gasteiger charge is -2.38. The molecular weight excluding hydrogens is 344 g/mol. The van der Waals surface area contributed by atoms with Crippen molar-refractivity contribution in [2.75, 3.05) is 13.1 Å². The van der Waals surface area contributed by atoms with Gasteiger partial charge in [0.15, 0.2) is 0 Å². The summed E-state index contributed by atoms with van der Waals surface area (Å²) in [6.07, 6.45) is 8.68. The molecule has 2 fully saturated rings. The third kappa shape index (κ3) is 2.76. The van der Waals surface area contributed by atoms with Crippen molar-refractivity contribution in [1.29, 1.82) is 0 Å². The molecule has 4 atom stereocenters. The van der Waals surface area contributed by atoms with Gasteiger partial charge in [0.05, 0.1) is 5.69 Å². The number of pyridine rings is 1. The number of aromatic nitrogens is 2. The Hall–Kier alpha value is -1.79. The Morgan fingerprint density at radius 3 is 2.62 bits per heavy atom. The molecule has 0 aromatic carbocycles. The van der Waals surface area contributed by atoms with E-state index in [1.807, 2.05) is 12.1 Å². The smallest absolute Gasteiger partial charge is 0.226 e. The summed E-state index contributed by atoms with van der Waals surface area (Å²) in [5, 5.41) is 1.05. The molecule has 2 unspecified atom stereocenters. The Bertz CT molecular complexity index is 806. The molecule has 6 heteroatoms. The number of carbonyl (C=O) groups is 1. The summed E-state index contributed by atoms with van der Waals surface area (Å²) >= 11 is 1.77. The molecule has 5 rings (SSSR count). The number of piperidine rings is 1. The summed E-state index contributed by atoms with van der Waals surface area (Å²) in [6.45, 7) is 1.72. The number of rotatable bonds is 2. The van der Waals surface area contributed by atoms with E-state index in [-0.39, 0.29) is 5.92 Å². The van der Waals surface area contributed by atoms with Gasteiger partial charge in [0.2, 0.25) is 5.91 Å². The van der Waals surface area contributed by atoms with Crippen molar-refractivity contribution in [2.24, 2.45) is 23.5 Å². The molecule has 2 N–H and O–H groups in total. The summed E-state index contributed by atoms with van der Waals surface area (Å²) in [7, 11) is 0. The lowest BCUT2D eigenvalue weighted by Crippen LogP contribution is -2.52. The maximum atomic E-state index is 13.1. The molecule has 26 heavy (non-hydrogen) atoms. The van der Waals surface area contributed by atoms with Crippen LogP contribution in [-0.4, -0.2) is 39.9 Å². The fourth-order valence-corrected chi connectivity index (χ4v) is 6.02. The van der Waals surface area contributed by atoms with Crippen LogP contribution in [0.2, 0.25) is 0 Å². The zero-order chi connectivity index (χ0) is 17.7. The number of nitrogens with zero attached hydrogens (tertiary/aromatic N) is 3. The zero-order valence-corrected chi connectivity index (χ0v) is 15.6. The number of amides is 1. The van der Waals surface area contributed by atoms with Gasteiger partial charge < -0.3 is 10.6 Å². The van der Waals surface area contributed by atoms with Crippen molar-refractivity contribution >= 4 is 17.2 Å². The van der Waals surface area contributed by atoms with E-state index in [9.17, 15) is 4.79 Å². The fraction of sp³-hybridized carbons (Fsp3) is 0.550. The Balaban J connectivity index is 1.31. The molecule has 2 aliphatic carbocycles. The van der Waals surface area contributed by atoms with Crippen LogP contribution in [0.25, 0.3) is 10.6 Å². The van der Waals surface area contributed by atoms with Crippen LogP contribution >= 0.6 is 11.3 Å². The Morgan fingerprint density at radius 2 is 1.88 bits per heavy atom. The monoisotopic (exact) mass is 368 g/mol. The highest BCUT2D eigenvalue weighted by Gasteiger charge is 2.42. The Morgan fingerprint density at radius 1 is 1.15 bits per heavy atom. The predicted octanol–water partition coefficient (Wildman–Crippen LogP) is 2.51. The van der Waals surface area contributed by atoms with E-state index < -0.39 is 0 Å². The van der Waals surface area contributed by atoms with Crippen LogP contribution in [0.15, 0.2) is 24.5 Å². The van der Waals surface area contributed by atoms with Gasteiger partial charge in [0.1, 0.15) is 5.01 Å². The van der Waals surface area contributed by atoms with Crippen molar-refractivity contribution < 1.29 is 4.79 Å². The molecule has 3 heterocycles. The van der Waals surface area contributed by atoms with E-state index in [0.717, 1.165) is 48.6 Å². The quantitative estimate of drug-likeness (QED) is 0.884.